The first-order chi connectivity index (χ1) is 8.94. The lowest BCUT2D eigenvalue weighted by Gasteiger charge is -2.25. The third-order valence-corrected chi connectivity index (χ3v) is 5.15. The van der Waals surface area contributed by atoms with Crippen molar-refractivity contribution in [2.24, 2.45) is 10.4 Å². The standard InChI is InChI=1S/C14H27N3OS.HI/c1-4-15-12(17-7-5-13(2,3)10-17)16-9-14(18)6-8-19-11-14;/h18H,4-11H2,1-3H3,(H,15,16);1H. The second-order valence-electron chi connectivity index (χ2n) is 6.53. The minimum atomic E-state index is -0.583. The van der Waals surface area contributed by atoms with Gasteiger partial charge in [0.2, 0.25) is 0 Å². The van der Waals surface area contributed by atoms with Gasteiger partial charge in [-0.25, -0.2) is 0 Å². The molecule has 0 aliphatic carbocycles. The Bertz CT molecular complexity index is 343. The van der Waals surface area contributed by atoms with Crippen LogP contribution < -0.4 is 5.32 Å². The first-order valence-corrected chi connectivity index (χ1v) is 8.43. The van der Waals surface area contributed by atoms with Crippen LogP contribution in [0.5, 0.6) is 0 Å². The normalized spacial score (nSPS) is 29.4. The van der Waals surface area contributed by atoms with E-state index >= 15 is 0 Å². The molecule has 6 heteroatoms. The molecule has 2 heterocycles. The number of guanidine groups is 1. The summed E-state index contributed by atoms with van der Waals surface area (Å²) >= 11 is 1.82. The molecule has 118 valence electrons. The first-order valence-electron chi connectivity index (χ1n) is 7.28. The predicted octanol–water partition coefficient (Wildman–Crippen LogP) is 2.17. The molecule has 0 amide bonds. The fourth-order valence-electron chi connectivity index (χ4n) is 2.66. The van der Waals surface area contributed by atoms with Crippen molar-refractivity contribution in [1.82, 2.24) is 10.2 Å². The van der Waals surface area contributed by atoms with E-state index < -0.39 is 5.60 Å². The number of aliphatic hydroxyl groups is 1. The van der Waals surface area contributed by atoms with Crippen LogP contribution in [0, 0.1) is 5.41 Å². The lowest BCUT2D eigenvalue weighted by Crippen LogP contribution is -2.42. The van der Waals surface area contributed by atoms with Crippen LogP contribution in [0.15, 0.2) is 4.99 Å². The molecular formula is C14H28IN3OS. The minimum absolute atomic E-state index is 0. The summed E-state index contributed by atoms with van der Waals surface area (Å²) < 4.78 is 0. The van der Waals surface area contributed by atoms with Crippen LogP contribution >= 0.6 is 35.7 Å². The zero-order valence-electron chi connectivity index (χ0n) is 12.8. The summed E-state index contributed by atoms with van der Waals surface area (Å²) in [4.78, 5) is 7.01. The van der Waals surface area contributed by atoms with Crippen molar-refractivity contribution < 1.29 is 5.11 Å². The molecule has 0 spiro atoms. The molecule has 2 saturated heterocycles. The number of halogens is 1. The maximum Gasteiger partial charge on any atom is 0.194 e. The van der Waals surface area contributed by atoms with Gasteiger partial charge in [-0.1, -0.05) is 13.8 Å². The fraction of sp³-hybridized carbons (Fsp3) is 0.929. The van der Waals surface area contributed by atoms with Crippen molar-refractivity contribution in [3.8, 4) is 0 Å². The van der Waals surface area contributed by atoms with Gasteiger partial charge in [0.25, 0.3) is 0 Å². The van der Waals surface area contributed by atoms with E-state index in [1.54, 1.807) is 0 Å². The van der Waals surface area contributed by atoms with Crippen LogP contribution in [-0.4, -0.2) is 59.3 Å². The Morgan fingerprint density at radius 1 is 1.40 bits per heavy atom. The van der Waals surface area contributed by atoms with E-state index in [-0.39, 0.29) is 24.0 Å². The number of hydrogen-bond acceptors (Lipinski definition) is 3. The Balaban J connectivity index is 0.00000200. The Morgan fingerprint density at radius 2 is 2.15 bits per heavy atom. The number of rotatable bonds is 3. The molecule has 0 aromatic rings. The molecule has 1 atom stereocenters. The van der Waals surface area contributed by atoms with Crippen LogP contribution in [-0.2, 0) is 0 Å². The topological polar surface area (TPSA) is 47.9 Å². The van der Waals surface area contributed by atoms with Crippen LogP contribution in [0.25, 0.3) is 0 Å². The van der Waals surface area contributed by atoms with Gasteiger partial charge in [0, 0.05) is 25.4 Å². The third kappa shape index (κ3) is 4.94. The lowest BCUT2D eigenvalue weighted by atomic mass is 9.93. The summed E-state index contributed by atoms with van der Waals surface area (Å²) in [5, 5.41) is 13.7. The van der Waals surface area contributed by atoms with Crippen molar-refractivity contribution in [2.75, 3.05) is 37.7 Å². The molecule has 2 aliphatic rings. The van der Waals surface area contributed by atoms with Crippen LogP contribution in [0.3, 0.4) is 0 Å². The van der Waals surface area contributed by atoms with Crippen molar-refractivity contribution in [2.45, 2.75) is 39.2 Å². The van der Waals surface area contributed by atoms with Crippen molar-refractivity contribution in [1.29, 1.82) is 0 Å². The molecule has 2 rings (SSSR count). The smallest absolute Gasteiger partial charge is 0.194 e. The highest BCUT2D eigenvalue weighted by Gasteiger charge is 2.33. The van der Waals surface area contributed by atoms with E-state index in [0.717, 1.165) is 43.5 Å². The molecule has 2 aliphatic heterocycles. The molecule has 4 nitrogen and oxygen atoms in total. The molecule has 1 unspecified atom stereocenters. The van der Waals surface area contributed by atoms with Crippen LogP contribution in [0.2, 0.25) is 0 Å². The van der Waals surface area contributed by atoms with E-state index in [4.69, 9.17) is 0 Å². The van der Waals surface area contributed by atoms with Gasteiger partial charge in [-0.2, -0.15) is 11.8 Å². The zero-order valence-corrected chi connectivity index (χ0v) is 16.0. The molecule has 0 aromatic heterocycles. The fourth-order valence-corrected chi connectivity index (χ4v) is 3.95. The molecule has 20 heavy (non-hydrogen) atoms. The molecule has 0 saturated carbocycles. The Hall–Kier alpha value is 0.310. The van der Waals surface area contributed by atoms with Crippen molar-refractivity contribution in [3.05, 3.63) is 0 Å². The Labute approximate surface area is 144 Å². The van der Waals surface area contributed by atoms with E-state index in [2.05, 4.69) is 36.0 Å². The summed E-state index contributed by atoms with van der Waals surface area (Å²) in [6.45, 7) is 10.2. The number of hydrogen-bond donors (Lipinski definition) is 2. The van der Waals surface area contributed by atoms with E-state index in [1.165, 1.54) is 6.42 Å². The third-order valence-electron chi connectivity index (χ3n) is 3.92. The van der Waals surface area contributed by atoms with E-state index in [1.807, 2.05) is 11.8 Å². The minimum Gasteiger partial charge on any atom is -0.387 e. The largest absolute Gasteiger partial charge is 0.387 e. The predicted molar refractivity (Wildman–Crippen MR) is 98.3 cm³/mol. The first kappa shape index (κ1) is 18.4. The van der Waals surface area contributed by atoms with Gasteiger partial charge in [-0.05, 0) is 30.9 Å². The Morgan fingerprint density at radius 3 is 2.65 bits per heavy atom. The summed E-state index contributed by atoms with van der Waals surface area (Å²) in [7, 11) is 0. The average Bonchev–Trinajstić information content (AvgIpc) is 2.91. The second-order valence-corrected chi connectivity index (χ2v) is 7.64. The van der Waals surface area contributed by atoms with Crippen LogP contribution in [0.1, 0.15) is 33.6 Å². The summed E-state index contributed by atoms with van der Waals surface area (Å²) in [5.74, 6) is 2.85. The van der Waals surface area contributed by atoms with Gasteiger partial charge >= 0.3 is 0 Å². The van der Waals surface area contributed by atoms with Gasteiger partial charge in [0.15, 0.2) is 5.96 Å². The highest BCUT2D eigenvalue weighted by molar-refractivity contribution is 14.0. The SMILES string of the molecule is CCNC(=NCC1(O)CCSC1)N1CCC(C)(C)C1.I. The van der Waals surface area contributed by atoms with Crippen molar-refractivity contribution >= 4 is 41.7 Å². The van der Waals surface area contributed by atoms with E-state index in [0.29, 0.717) is 12.0 Å². The maximum atomic E-state index is 10.4. The second kappa shape index (κ2) is 7.54. The number of nitrogens with one attached hydrogen (secondary N) is 1. The van der Waals surface area contributed by atoms with Gasteiger partial charge in [0.05, 0.1) is 12.1 Å². The molecule has 2 N–H and O–H groups in total. The monoisotopic (exact) mass is 413 g/mol. The average molecular weight is 413 g/mol. The lowest BCUT2D eigenvalue weighted by molar-refractivity contribution is 0.0776. The highest BCUT2D eigenvalue weighted by atomic mass is 127. The molecule has 0 aromatic carbocycles. The highest BCUT2D eigenvalue weighted by Crippen LogP contribution is 2.30. The summed E-state index contributed by atoms with van der Waals surface area (Å²) in [5.41, 5.74) is -0.211. The summed E-state index contributed by atoms with van der Waals surface area (Å²) in [6, 6.07) is 0. The van der Waals surface area contributed by atoms with Gasteiger partial charge in [0.1, 0.15) is 0 Å². The quantitative estimate of drug-likeness (QED) is 0.423. The Kier molecular flexibility index (Phi) is 6.92. The van der Waals surface area contributed by atoms with Crippen molar-refractivity contribution in [3.63, 3.8) is 0 Å². The summed E-state index contributed by atoms with van der Waals surface area (Å²) in [6.07, 6.45) is 2.07. The number of nitrogens with zero attached hydrogens (tertiary/aromatic N) is 2. The number of aliphatic imine (C=N–C) groups is 1. The molecule has 2 fully saturated rings. The number of thioether (sulfide) groups is 1. The van der Waals surface area contributed by atoms with E-state index in [9.17, 15) is 5.11 Å². The number of likely N-dealkylation sites (tertiary alicyclic amines) is 1. The molecular weight excluding hydrogens is 385 g/mol. The van der Waals surface area contributed by atoms with Gasteiger partial charge in [-0.3, -0.25) is 4.99 Å². The maximum absolute atomic E-state index is 10.4. The molecule has 0 bridgehead atoms. The zero-order chi connectivity index (χ0) is 13.9. The van der Waals surface area contributed by atoms with Gasteiger partial charge < -0.3 is 15.3 Å². The molecule has 0 radical (unpaired) electrons. The van der Waals surface area contributed by atoms with Gasteiger partial charge in [-0.15, -0.1) is 24.0 Å². The van der Waals surface area contributed by atoms with Crippen LogP contribution in [0.4, 0.5) is 0 Å².